The summed E-state index contributed by atoms with van der Waals surface area (Å²) in [4.78, 5) is 36.0. The third kappa shape index (κ3) is 189. The number of ether oxygens (including phenoxy) is 1. The minimum Gasteiger partial charge on any atom is -0.481 e. The number of hydrogen-bond acceptors (Lipinski definition) is 9. The van der Waals surface area contributed by atoms with Crippen LogP contribution in [0.5, 0.6) is 0 Å². The maximum atomic E-state index is 9.00. The SMILES string of the molecule is CC(=O)O.CC(=O)O.CC(=O)O.CC(=O)O.OCC(O)COCC(O)CO. The molecule has 2 unspecified atom stereocenters. The number of carbonyl (C=O) groups is 4. The molecule has 0 fully saturated rings. The van der Waals surface area contributed by atoms with E-state index in [0.29, 0.717) is 0 Å². The zero-order valence-electron chi connectivity index (χ0n) is 15.6. The van der Waals surface area contributed by atoms with Gasteiger partial charge in [0.2, 0.25) is 0 Å². The van der Waals surface area contributed by atoms with Crippen molar-refractivity contribution in [3.63, 3.8) is 0 Å². The van der Waals surface area contributed by atoms with E-state index in [-0.39, 0.29) is 26.4 Å². The number of carboxylic acids is 4. The van der Waals surface area contributed by atoms with Gasteiger partial charge in [-0.15, -0.1) is 0 Å². The van der Waals surface area contributed by atoms with Crippen molar-refractivity contribution in [3.8, 4) is 0 Å². The zero-order valence-corrected chi connectivity index (χ0v) is 15.6. The van der Waals surface area contributed by atoms with Crippen LogP contribution in [0.25, 0.3) is 0 Å². The third-order valence-electron chi connectivity index (χ3n) is 1.04. The number of hydrogen-bond donors (Lipinski definition) is 8. The van der Waals surface area contributed by atoms with Gasteiger partial charge in [-0.3, -0.25) is 19.2 Å². The van der Waals surface area contributed by atoms with Gasteiger partial charge in [-0.25, -0.2) is 0 Å². The summed E-state index contributed by atoms with van der Waals surface area (Å²) in [6.45, 7) is 3.53. The van der Waals surface area contributed by atoms with Crippen molar-refractivity contribution in [2.24, 2.45) is 0 Å². The Bertz CT molecular complexity index is 296. The van der Waals surface area contributed by atoms with E-state index < -0.39 is 36.1 Å². The molecule has 8 N–H and O–H groups in total. The summed E-state index contributed by atoms with van der Waals surface area (Å²) in [6.07, 6.45) is -1.83. The quantitative estimate of drug-likeness (QED) is 0.240. The van der Waals surface area contributed by atoms with E-state index in [4.69, 9.17) is 64.8 Å². The molecule has 13 nitrogen and oxygen atoms in total. The van der Waals surface area contributed by atoms with E-state index in [9.17, 15) is 0 Å². The van der Waals surface area contributed by atoms with Gasteiger partial charge in [0, 0.05) is 27.7 Å². The lowest BCUT2D eigenvalue weighted by atomic mass is 10.4. The summed E-state index contributed by atoms with van der Waals surface area (Å²) in [7, 11) is 0. The van der Waals surface area contributed by atoms with Gasteiger partial charge in [-0.2, -0.15) is 0 Å². The molecule has 0 saturated carbocycles. The highest BCUT2D eigenvalue weighted by Crippen LogP contribution is 1.87. The maximum absolute atomic E-state index is 9.00. The topological polar surface area (TPSA) is 239 Å². The number of carboxylic acid groups (broad SMARTS) is 4. The molecule has 0 rings (SSSR count). The number of aliphatic hydroxyl groups is 4. The molecule has 0 heterocycles. The van der Waals surface area contributed by atoms with Crippen LogP contribution >= 0.6 is 0 Å². The highest BCUT2D eigenvalue weighted by Gasteiger charge is 2.04. The molecule has 0 spiro atoms. The van der Waals surface area contributed by atoms with Gasteiger partial charge in [-0.05, 0) is 0 Å². The normalized spacial score (nSPS) is 10.4. The van der Waals surface area contributed by atoms with E-state index in [1.165, 1.54) is 0 Å². The smallest absolute Gasteiger partial charge is 0.300 e. The van der Waals surface area contributed by atoms with E-state index >= 15 is 0 Å². The molecule has 0 aliphatic carbocycles. The van der Waals surface area contributed by atoms with Crippen LogP contribution in [0.2, 0.25) is 0 Å². The lowest BCUT2D eigenvalue weighted by Crippen LogP contribution is -2.25. The van der Waals surface area contributed by atoms with Crippen LogP contribution in [-0.4, -0.2) is 103 Å². The molecule has 0 saturated heterocycles. The number of aliphatic carboxylic acids is 4. The second-order valence-corrected chi connectivity index (χ2v) is 4.29. The monoisotopic (exact) mass is 406 g/mol. The molecule has 0 radical (unpaired) electrons. The van der Waals surface area contributed by atoms with Gasteiger partial charge < -0.3 is 45.6 Å². The van der Waals surface area contributed by atoms with Gasteiger partial charge in [0.05, 0.1) is 26.4 Å². The van der Waals surface area contributed by atoms with E-state index in [0.717, 1.165) is 27.7 Å². The summed E-state index contributed by atoms with van der Waals surface area (Å²) in [5.74, 6) is -3.33. The molecule has 0 aromatic heterocycles. The predicted molar refractivity (Wildman–Crippen MR) is 90.2 cm³/mol. The molecule has 27 heavy (non-hydrogen) atoms. The lowest BCUT2D eigenvalue weighted by Gasteiger charge is -2.10. The Kier molecular flexibility index (Phi) is 37.7. The standard InChI is InChI=1S/C6H14O5.4C2H4O2/c7-1-5(9)3-11-4-6(10)2-8;4*1-2(3)4/h5-10H,1-4H2;4*1H3,(H,3,4). The molecule has 0 aliphatic rings. The molecule has 0 aliphatic heterocycles. The molecule has 0 aromatic rings. The van der Waals surface area contributed by atoms with Crippen molar-refractivity contribution in [1.82, 2.24) is 0 Å². The van der Waals surface area contributed by atoms with Crippen LogP contribution in [0, 0.1) is 0 Å². The Labute approximate surface area is 156 Å². The number of rotatable bonds is 6. The summed E-state index contributed by atoms with van der Waals surface area (Å²) in [6, 6.07) is 0. The van der Waals surface area contributed by atoms with Crippen molar-refractivity contribution in [2.45, 2.75) is 39.9 Å². The fraction of sp³-hybridized carbons (Fsp3) is 0.714. The largest absolute Gasteiger partial charge is 0.481 e. The van der Waals surface area contributed by atoms with Crippen LogP contribution in [0.4, 0.5) is 0 Å². The predicted octanol–water partition coefficient (Wildman–Crippen LogP) is -1.93. The maximum Gasteiger partial charge on any atom is 0.300 e. The van der Waals surface area contributed by atoms with Crippen molar-refractivity contribution < 1.29 is 64.8 Å². The molecule has 2 atom stereocenters. The fourth-order valence-electron chi connectivity index (χ4n) is 0.446. The van der Waals surface area contributed by atoms with E-state index in [1.807, 2.05) is 0 Å². The Morgan fingerprint density at radius 2 is 0.778 bits per heavy atom. The van der Waals surface area contributed by atoms with Gasteiger partial charge in [0.15, 0.2) is 0 Å². The van der Waals surface area contributed by atoms with Crippen LogP contribution in [0.1, 0.15) is 27.7 Å². The first-order valence-electron chi connectivity index (χ1n) is 7.07. The molecule has 164 valence electrons. The fourth-order valence-corrected chi connectivity index (χ4v) is 0.446. The summed E-state index contributed by atoms with van der Waals surface area (Å²) >= 11 is 0. The first kappa shape index (κ1) is 35.7. The summed E-state index contributed by atoms with van der Waals surface area (Å²) in [5.41, 5.74) is 0. The molecular formula is C14H30O13. The molecule has 0 bridgehead atoms. The Hall–Kier alpha value is -2.32. The number of aliphatic hydroxyl groups excluding tert-OH is 4. The average Bonchev–Trinajstić information content (AvgIpc) is 2.44. The van der Waals surface area contributed by atoms with Crippen molar-refractivity contribution >= 4 is 23.9 Å². The molecule has 13 heteroatoms. The van der Waals surface area contributed by atoms with Crippen LogP contribution in [0.15, 0.2) is 0 Å². The van der Waals surface area contributed by atoms with Gasteiger partial charge in [0.1, 0.15) is 12.2 Å². The highest BCUT2D eigenvalue weighted by atomic mass is 16.5. The third-order valence-corrected chi connectivity index (χ3v) is 1.04. The second-order valence-electron chi connectivity index (χ2n) is 4.29. The van der Waals surface area contributed by atoms with Gasteiger partial charge in [-0.1, -0.05) is 0 Å². The minimum absolute atomic E-state index is 0.0342. The summed E-state index contributed by atoms with van der Waals surface area (Å²) < 4.78 is 4.72. The van der Waals surface area contributed by atoms with Crippen molar-refractivity contribution in [1.29, 1.82) is 0 Å². The lowest BCUT2D eigenvalue weighted by molar-refractivity contribution is -0.135. The molecule has 0 amide bonds. The first-order valence-corrected chi connectivity index (χ1v) is 7.07. The first-order chi connectivity index (χ1) is 12.1. The van der Waals surface area contributed by atoms with Crippen LogP contribution in [-0.2, 0) is 23.9 Å². The molecular weight excluding hydrogens is 376 g/mol. The van der Waals surface area contributed by atoms with E-state index in [1.54, 1.807) is 0 Å². The Morgan fingerprint density at radius 3 is 0.889 bits per heavy atom. The second kappa shape index (κ2) is 28.5. The zero-order chi connectivity index (χ0) is 23.0. The summed E-state index contributed by atoms with van der Waals surface area (Å²) in [5, 5.41) is 63.7. The Balaban J connectivity index is -0.0000000841. The molecule has 0 aromatic carbocycles. The highest BCUT2D eigenvalue weighted by molar-refractivity contribution is 5.63. The minimum atomic E-state index is -0.916. The van der Waals surface area contributed by atoms with Crippen molar-refractivity contribution in [3.05, 3.63) is 0 Å². The van der Waals surface area contributed by atoms with Crippen molar-refractivity contribution in [2.75, 3.05) is 26.4 Å². The van der Waals surface area contributed by atoms with Crippen LogP contribution in [0.3, 0.4) is 0 Å². The van der Waals surface area contributed by atoms with Gasteiger partial charge >= 0.3 is 0 Å². The Morgan fingerprint density at radius 1 is 0.630 bits per heavy atom. The van der Waals surface area contributed by atoms with Gasteiger partial charge in [0.25, 0.3) is 23.9 Å². The average molecular weight is 406 g/mol. The van der Waals surface area contributed by atoms with E-state index in [2.05, 4.69) is 0 Å². The van der Waals surface area contributed by atoms with Crippen LogP contribution < -0.4 is 0 Å².